The van der Waals surface area contributed by atoms with Gasteiger partial charge >= 0.3 is 6.18 Å². The smallest absolute Gasteiger partial charge is 0.378 e. The summed E-state index contributed by atoms with van der Waals surface area (Å²) in [6, 6.07) is 16.5. The van der Waals surface area contributed by atoms with Gasteiger partial charge in [0.05, 0.1) is 28.9 Å². The molecule has 1 fully saturated rings. The summed E-state index contributed by atoms with van der Waals surface area (Å²) in [5.41, 5.74) is 4.38. The van der Waals surface area contributed by atoms with Gasteiger partial charge in [0.15, 0.2) is 0 Å². The second kappa shape index (κ2) is 13.5. The fraction of sp³-hybridized carbons (Fsp3) is 0.371. The van der Waals surface area contributed by atoms with Crippen LogP contribution in [0.5, 0.6) is 0 Å². The average molecular weight is 634 g/mol. The third kappa shape index (κ3) is 6.88. The van der Waals surface area contributed by atoms with Crippen LogP contribution in [0.4, 0.5) is 23.2 Å². The molecule has 6 rings (SSSR count). The molecule has 4 aromatic rings. The molecule has 3 heterocycles. The maximum Gasteiger partial charge on any atom is 0.418 e. The minimum atomic E-state index is -4.52. The number of nitrogens with zero attached hydrogens (tertiary/aromatic N) is 2. The molecule has 46 heavy (non-hydrogen) atoms. The lowest BCUT2D eigenvalue weighted by atomic mass is 9.99. The summed E-state index contributed by atoms with van der Waals surface area (Å²) in [5, 5.41) is 16.1. The summed E-state index contributed by atoms with van der Waals surface area (Å²) >= 11 is 0. The molecule has 11 heteroatoms. The van der Waals surface area contributed by atoms with Gasteiger partial charge in [-0.15, -0.1) is 0 Å². The van der Waals surface area contributed by atoms with Crippen molar-refractivity contribution >= 4 is 22.5 Å². The molecular weight excluding hydrogens is 598 g/mol. The lowest BCUT2D eigenvalue weighted by Gasteiger charge is -2.35. The molecule has 0 unspecified atom stereocenters. The molecule has 0 bridgehead atoms. The standard InChI is InChI=1S/C35H35F4N5O2/c36-25-18-28-32-27(9-13-42-34(28)45)33(43-30(32)19-25)24-6-3-22(4-7-24)21-41-12-1-2-16-46-26-10-14-44(15-11-26)31-8-5-23(20-40)17-29(31)35(37,38)39/h3-8,17-19,26,41,43H,1-2,9-16,21H2,(H,42,45). The van der Waals surface area contributed by atoms with Crippen LogP contribution in [0.3, 0.4) is 0 Å². The van der Waals surface area contributed by atoms with E-state index >= 15 is 0 Å². The van der Waals surface area contributed by atoms with E-state index < -0.39 is 17.6 Å². The Kier molecular flexibility index (Phi) is 9.29. The highest BCUT2D eigenvalue weighted by Gasteiger charge is 2.36. The normalized spacial score (nSPS) is 15.5. The summed E-state index contributed by atoms with van der Waals surface area (Å²) in [5.74, 6) is -0.701. The van der Waals surface area contributed by atoms with Gasteiger partial charge in [-0.25, -0.2) is 4.39 Å². The first kappa shape index (κ1) is 31.6. The van der Waals surface area contributed by atoms with Crippen LogP contribution in [0.1, 0.15) is 58.3 Å². The Hall–Kier alpha value is -4.40. The van der Waals surface area contributed by atoms with E-state index in [0.717, 1.165) is 53.2 Å². The first-order chi connectivity index (χ1) is 22.2. The van der Waals surface area contributed by atoms with Gasteiger partial charge < -0.3 is 25.3 Å². The number of amides is 1. The van der Waals surface area contributed by atoms with Gasteiger partial charge in [-0.3, -0.25) is 4.79 Å². The molecule has 1 saturated heterocycles. The quantitative estimate of drug-likeness (QED) is 0.133. The summed E-state index contributed by atoms with van der Waals surface area (Å²) < 4.78 is 61.0. The number of carbonyl (C=O) groups is 1. The highest BCUT2D eigenvalue weighted by atomic mass is 19.4. The first-order valence-corrected chi connectivity index (χ1v) is 15.6. The largest absolute Gasteiger partial charge is 0.418 e. The Bertz CT molecular complexity index is 1750. The van der Waals surface area contributed by atoms with Gasteiger partial charge in [-0.1, -0.05) is 24.3 Å². The molecule has 2 aliphatic heterocycles. The van der Waals surface area contributed by atoms with E-state index in [0.29, 0.717) is 63.1 Å². The van der Waals surface area contributed by atoms with Crippen LogP contribution in [0.15, 0.2) is 54.6 Å². The highest BCUT2D eigenvalue weighted by Crippen LogP contribution is 2.38. The number of nitrogens with one attached hydrogen (secondary N) is 3. The van der Waals surface area contributed by atoms with Crippen molar-refractivity contribution in [2.45, 2.75) is 50.9 Å². The van der Waals surface area contributed by atoms with Crippen molar-refractivity contribution in [2.75, 3.05) is 37.7 Å². The molecule has 0 aliphatic carbocycles. The number of nitriles is 1. The van der Waals surface area contributed by atoms with Gasteiger partial charge in [0.1, 0.15) is 5.82 Å². The van der Waals surface area contributed by atoms with Crippen molar-refractivity contribution in [3.8, 4) is 17.3 Å². The number of carbonyl (C=O) groups excluding carboxylic acids is 1. The van der Waals surface area contributed by atoms with Crippen molar-refractivity contribution in [1.82, 2.24) is 15.6 Å². The molecule has 0 radical (unpaired) electrons. The molecule has 0 atom stereocenters. The lowest BCUT2D eigenvalue weighted by molar-refractivity contribution is -0.137. The number of benzene rings is 3. The molecule has 0 spiro atoms. The van der Waals surface area contributed by atoms with Crippen LogP contribution in [-0.4, -0.2) is 49.8 Å². The van der Waals surface area contributed by atoms with Gasteiger partial charge in [-0.05, 0) is 85.7 Å². The van der Waals surface area contributed by atoms with Gasteiger partial charge in [0, 0.05) is 55.1 Å². The first-order valence-electron chi connectivity index (χ1n) is 15.6. The predicted octanol–water partition coefficient (Wildman–Crippen LogP) is 6.71. The molecule has 240 valence electrons. The molecular formula is C35H35F4N5O2. The highest BCUT2D eigenvalue weighted by molar-refractivity contribution is 6.10. The topological polar surface area (TPSA) is 93.2 Å². The Morgan fingerprint density at radius 2 is 1.83 bits per heavy atom. The van der Waals surface area contributed by atoms with E-state index in [1.54, 1.807) is 11.0 Å². The van der Waals surface area contributed by atoms with Gasteiger partial charge in [0.2, 0.25) is 0 Å². The Labute approximate surface area is 264 Å². The van der Waals surface area contributed by atoms with Crippen molar-refractivity contribution in [3.63, 3.8) is 0 Å². The molecule has 2 aliphatic rings. The Morgan fingerprint density at radius 1 is 1.04 bits per heavy atom. The van der Waals surface area contributed by atoms with Crippen LogP contribution in [0, 0.1) is 17.1 Å². The van der Waals surface area contributed by atoms with E-state index in [2.05, 4.69) is 27.8 Å². The number of alkyl halides is 3. The van der Waals surface area contributed by atoms with Crippen molar-refractivity contribution in [1.29, 1.82) is 5.26 Å². The number of rotatable bonds is 10. The molecule has 3 aromatic carbocycles. The molecule has 1 aromatic heterocycles. The molecule has 0 saturated carbocycles. The number of aromatic amines is 1. The number of halogens is 4. The lowest BCUT2D eigenvalue weighted by Crippen LogP contribution is -2.38. The monoisotopic (exact) mass is 633 g/mol. The fourth-order valence-corrected chi connectivity index (χ4v) is 6.43. The Balaban J connectivity index is 0.926. The summed E-state index contributed by atoms with van der Waals surface area (Å²) in [6.07, 6.45) is -0.724. The number of H-pyrrole nitrogens is 1. The van der Waals surface area contributed by atoms with Crippen LogP contribution < -0.4 is 15.5 Å². The minimum absolute atomic E-state index is 0.000747. The van der Waals surface area contributed by atoms with Crippen LogP contribution in [0.25, 0.3) is 22.2 Å². The van der Waals surface area contributed by atoms with Crippen molar-refractivity contribution < 1.29 is 27.1 Å². The number of aromatic nitrogens is 1. The molecule has 7 nitrogen and oxygen atoms in total. The zero-order valence-electron chi connectivity index (χ0n) is 25.3. The van der Waals surface area contributed by atoms with E-state index in [1.807, 2.05) is 12.1 Å². The third-order valence-electron chi connectivity index (χ3n) is 8.76. The average Bonchev–Trinajstić information content (AvgIpc) is 3.32. The van der Waals surface area contributed by atoms with Crippen molar-refractivity contribution in [2.24, 2.45) is 0 Å². The van der Waals surface area contributed by atoms with Crippen LogP contribution in [-0.2, 0) is 23.9 Å². The third-order valence-corrected chi connectivity index (χ3v) is 8.76. The van der Waals surface area contributed by atoms with Crippen LogP contribution >= 0.6 is 0 Å². The molecule has 1 amide bonds. The summed E-state index contributed by atoms with van der Waals surface area (Å²) in [6.45, 7) is 3.57. The van der Waals surface area contributed by atoms with E-state index in [1.165, 1.54) is 24.3 Å². The number of hydrogen-bond acceptors (Lipinski definition) is 5. The number of ether oxygens (including phenoxy) is 1. The van der Waals surface area contributed by atoms with E-state index in [4.69, 9.17) is 10.00 Å². The summed E-state index contributed by atoms with van der Waals surface area (Å²) in [4.78, 5) is 17.5. The minimum Gasteiger partial charge on any atom is -0.378 e. The SMILES string of the molecule is N#Cc1ccc(N2CCC(OCCCCNCc3ccc(-c4[nH]c5cc(F)cc6c5c4CCNC6=O)cc3)CC2)c(C(F)(F)F)c1. The summed E-state index contributed by atoms with van der Waals surface area (Å²) in [7, 11) is 0. The van der Waals surface area contributed by atoms with E-state index in [-0.39, 0.29) is 23.3 Å². The van der Waals surface area contributed by atoms with Crippen LogP contribution in [0.2, 0.25) is 0 Å². The number of anilines is 1. The van der Waals surface area contributed by atoms with Gasteiger partial charge in [0.25, 0.3) is 5.91 Å². The predicted molar refractivity (Wildman–Crippen MR) is 168 cm³/mol. The molecule has 3 N–H and O–H groups in total. The second-order valence-electron chi connectivity index (χ2n) is 11.8. The number of piperidine rings is 1. The Morgan fingerprint density at radius 3 is 2.57 bits per heavy atom. The van der Waals surface area contributed by atoms with E-state index in [9.17, 15) is 22.4 Å². The fourth-order valence-electron chi connectivity index (χ4n) is 6.43. The zero-order chi connectivity index (χ0) is 32.3. The zero-order valence-corrected chi connectivity index (χ0v) is 25.3. The maximum absolute atomic E-state index is 14.2. The second-order valence-corrected chi connectivity index (χ2v) is 11.8. The maximum atomic E-state index is 14.2. The number of hydrogen-bond donors (Lipinski definition) is 3. The van der Waals surface area contributed by atoms with Gasteiger partial charge in [-0.2, -0.15) is 18.4 Å². The number of unbranched alkanes of at least 4 members (excludes halogenated alkanes) is 1. The van der Waals surface area contributed by atoms with Crippen molar-refractivity contribution in [3.05, 3.63) is 88.2 Å².